The summed E-state index contributed by atoms with van der Waals surface area (Å²) in [5.74, 6) is -2.79. The summed E-state index contributed by atoms with van der Waals surface area (Å²) in [6.45, 7) is 5.08. The summed E-state index contributed by atoms with van der Waals surface area (Å²) in [5.41, 5.74) is 2.64. The van der Waals surface area contributed by atoms with E-state index in [1.54, 1.807) is 0 Å². The SMILES string of the molecule is CCN(Cc1cc(F)c(O)c(F)c1)c1ccc(C)cc1. The molecule has 0 aliphatic rings. The minimum atomic E-state index is -0.931. The number of anilines is 1. The van der Waals surface area contributed by atoms with E-state index in [0.717, 1.165) is 23.4 Å². The molecular formula is C16H17F2NO. The van der Waals surface area contributed by atoms with Crippen LogP contribution in [0.1, 0.15) is 18.1 Å². The van der Waals surface area contributed by atoms with E-state index in [1.165, 1.54) is 0 Å². The molecule has 2 aromatic rings. The Morgan fingerprint density at radius 2 is 1.60 bits per heavy atom. The highest BCUT2D eigenvalue weighted by Gasteiger charge is 2.12. The van der Waals surface area contributed by atoms with Crippen LogP contribution in [0.15, 0.2) is 36.4 Å². The van der Waals surface area contributed by atoms with E-state index in [-0.39, 0.29) is 0 Å². The van der Waals surface area contributed by atoms with Crippen LogP contribution in [-0.4, -0.2) is 11.7 Å². The number of hydrogen-bond donors (Lipinski definition) is 1. The smallest absolute Gasteiger partial charge is 0.187 e. The molecule has 0 aliphatic heterocycles. The van der Waals surface area contributed by atoms with Gasteiger partial charge in [-0.1, -0.05) is 17.7 Å². The summed E-state index contributed by atoms with van der Waals surface area (Å²) in [6.07, 6.45) is 0. The summed E-state index contributed by atoms with van der Waals surface area (Å²) >= 11 is 0. The molecule has 0 atom stereocenters. The van der Waals surface area contributed by atoms with Gasteiger partial charge in [-0.2, -0.15) is 0 Å². The Kier molecular flexibility index (Phi) is 4.23. The summed E-state index contributed by atoms with van der Waals surface area (Å²) in [5, 5.41) is 9.11. The monoisotopic (exact) mass is 277 g/mol. The lowest BCUT2D eigenvalue weighted by atomic mass is 10.1. The number of benzene rings is 2. The molecule has 2 rings (SSSR count). The standard InChI is InChI=1S/C16H17F2NO/c1-3-19(13-6-4-11(2)5-7-13)10-12-8-14(17)16(20)15(18)9-12/h4-9,20H,3,10H2,1-2H3. The fraction of sp³-hybridized carbons (Fsp3) is 0.250. The fourth-order valence-electron chi connectivity index (χ4n) is 2.07. The Morgan fingerprint density at radius 1 is 1.05 bits per heavy atom. The van der Waals surface area contributed by atoms with E-state index in [2.05, 4.69) is 0 Å². The molecule has 0 amide bonds. The molecule has 0 saturated heterocycles. The fourth-order valence-corrected chi connectivity index (χ4v) is 2.07. The molecule has 2 aromatic carbocycles. The molecule has 20 heavy (non-hydrogen) atoms. The van der Waals surface area contributed by atoms with Crippen LogP contribution in [0.25, 0.3) is 0 Å². The van der Waals surface area contributed by atoms with Crippen molar-refractivity contribution < 1.29 is 13.9 Å². The summed E-state index contributed by atoms with van der Waals surface area (Å²) in [4.78, 5) is 2.00. The Bertz CT molecular complexity index is 573. The van der Waals surface area contributed by atoms with Crippen molar-refractivity contribution >= 4 is 5.69 Å². The van der Waals surface area contributed by atoms with Gasteiger partial charge in [-0.15, -0.1) is 0 Å². The third-order valence-electron chi connectivity index (χ3n) is 3.23. The maximum absolute atomic E-state index is 13.3. The van der Waals surface area contributed by atoms with Crippen LogP contribution in [0.3, 0.4) is 0 Å². The lowest BCUT2D eigenvalue weighted by molar-refractivity contribution is 0.395. The van der Waals surface area contributed by atoms with Crippen LogP contribution in [-0.2, 0) is 6.54 Å². The number of halogens is 2. The second-order valence-electron chi connectivity index (χ2n) is 4.76. The van der Waals surface area contributed by atoms with Crippen molar-refractivity contribution in [2.45, 2.75) is 20.4 Å². The van der Waals surface area contributed by atoms with Crippen LogP contribution in [0.2, 0.25) is 0 Å². The third-order valence-corrected chi connectivity index (χ3v) is 3.23. The van der Waals surface area contributed by atoms with Gasteiger partial charge in [0.1, 0.15) is 0 Å². The number of phenolic OH excluding ortho intramolecular Hbond substituents is 1. The van der Waals surface area contributed by atoms with Gasteiger partial charge in [-0.3, -0.25) is 0 Å². The zero-order valence-corrected chi connectivity index (χ0v) is 11.5. The first-order valence-corrected chi connectivity index (χ1v) is 6.49. The van der Waals surface area contributed by atoms with E-state index in [0.29, 0.717) is 18.7 Å². The topological polar surface area (TPSA) is 23.5 Å². The number of nitrogens with zero attached hydrogens (tertiary/aromatic N) is 1. The Labute approximate surface area is 117 Å². The zero-order valence-electron chi connectivity index (χ0n) is 11.5. The van der Waals surface area contributed by atoms with Gasteiger partial charge in [0.15, 0.2) is 17.4 Å². The lowest BCUT2D eigenvalue weighted by Crippen LogP contribution is -2.22. The number of aryl methyl sites for hydroxylation is 1. The highest BCUT2D eigenvalue weighted by atomic mass is 19.1. The predicted molar refractivity (Wildman–Crippen MR) is 75.9 cm³/mol. The van der Waals surface area contributed by atoms with Crippen molar-refractivity contribution in [3.8, 4) is 5.75 Å². The molecule has 0 unspecified atom stereocenters. The second-order valence-corrected chi connectivity index (χ2v) is 4.76. The summed E-state index contributed by atoms with van der Waals surface area (Å²) < 4.78 is 26.7. The normalized spacial score (nSPS) is 10.6. The van der Waals surface area contributed by atoms with Crippen molar-refractivity contribution in [3.63, 3.8) is 0 Å². The van der Waals surface area contributed by atoms with E-state index in [4.69, 9.17) is 5.11 Å². The molecule has 0 fully saturated rings. The van der Waals surface area contributed by atoms with Crippen molar-refractivity contribution in [1.82, 2.24) is 0 Å². The first-order chi connectivity index (χ1) is 9.51. The molecule has 0 bridgehead atoms. The van der Waals surface area contributed by atoms with E-state index in [1.807, 2.05) is 43.0 Å². The van der Waals surface area contributed by atoms with Gasteiger partial charge in [0.2, 0.25) is 0 Å². The van der Waals surface area contributed by atoms with E-state index < -0.39 is 17.4 Å². The van der Waals surface area contributed by atoms with Crippen molar-refractivity contribution in [2.75, 3.05) is 11.4 Å². The zero-order chi connectivity index (χ0) is 14.7. The number of hydrogen-bond acceptors (Lipinski definition) is 2. The summed E-state index contributed by atoms with van der Waals surface area (Å²) in [6, 6.07) is 10.3. The molecule has 0 saturated carbocycles. The van der Waals surface area contributed by atoms with Gasteiger partial charge in [0, 0.05) is 18.8 Å². The second kappa shape index (κ2) is 5.90. The maximum Gasteiger partial charge on any atom is 0.187 e. The molecule has 0 radical (unpaired) electrons. The Morgan fingerprint density at radius 3 is 2.10 bits per heavy atom. The molecule has 0 heterocycles. The minimum absolute atomic E-state index is 0.383. The molecule has 0 spiro atoms. The highest BCUT2D eigenvalue weighted by molar-refractivity contribution is 5.48. The van der Waals surface area contributed by atoms with E-state index >= 15 is 0 Å². The molecule has 4 heteroatoms. The van der Waals surface area contributed by atoms with Crippen LogP contribution < -0.4 is 4.90 Å². The van der Waals surface area contributed by atoms with Crippen LogP contribution in [0.4, 0.5) is 14.5 Å². The Hall–Kier alpha value is -2.10. The highest BCUT2D eigenvalue weighted by Crippen LogP contribution is 2.24. The number of rotatable bonds is 4. The number of phenols is 1. The predicted octanol–water partition coefficient (Wildman–Crippen LogP) is 4.01. The maximum atomic E-state index is 13.3. The Balaban J connectivity index is 2.24. The van der Waals surface area contributed by atoms with Crippen LogP contribution in [0.5, 0.6) is 5.75 Å². The van der Waals surface area contributed by atoms with Crippen LogP contribution >= 0.6 is 0 Å². The van der Waals surface area contributed by atoms with Crippen molar-refractivity contribution in [2.24, 2.45) is 0 Å². The molecule has 2 nitrogen and oxygen atoms in total. The molecule has 1 N–H and O–H groups in total. The van der Waals surface area contributed by atoms with E-state index in [9.17, 15) is 8.78 Å². The van der Waals surface area contributed by atoms with Gasteiger partial charge < -0.3 is 10.0 Å². The average molecular weight is 277 g/mol. The number of aromatic hydroxyl groups is 1. The van der Waals surface area contributed by atoms with Gasteiger partial charge in [-0.25, -0.2) is 8.78 Å². The van der Waals surface area contributed by atoms with Gasteiger partial charge in [0.05, 0.1) is 0 Å². The molecular weight excluding hydrogens is 260 g/mol. The largest absolute Gasteiger partial charge is 0.503 e. The van der Waals surface area contributed by atoms with Crippen molar-refractivity contribution in [1.29, 1.82) is 0 Å². The van der Waals surface area contributed by atoms with Gasteiger partial charge in [-0.05, 0) is 43.7 Å². The van der Waals surface area contributed by atoms with Crippen LogP contribution in [0, 0.1) is 18.6 Å². The van der Waals surface area contributed by atoms with Gasteiger partial charge in [0.25, 0.3) is 0 Å². The molecule has 106 valence electrons. The minimum Gasteiger partial charge on any atom is -0.503 e. The lowest BCUT2D eigenvalue weighted by Gasteiger charge is -2.23. The van der Waals surface area contributed by atoms with Gasteiger partial charge >= 0.3 is 0 Å². The first kappa shape index (κ1) is 14.3. The quantitative estimate of drug-likeness (QED) is 0.913. The first-order valence-electron chi connectivity index (χ1n) is 6.49. The molecule has 0 aliphatic carbocycles. The summed E-state index contributed by atoms with van der Waals surface area (Å²) in [7, 11) is 0. The molecule has 0 aromatic heterocycles. The average Bonchev–Trinajstić information content (AvgIpc) is 2.43. The third kappa shape index (κ3) is 3.07. The van der Waals surface area contributed by atoms with Crippen molar-refractivity contribution in [3.05, 3.63) is 59.2 Å².